The van der Waals surface area contributed by atoms with Gasteiger partial charge in [-0.1, -0.05) is 65.3 Å². The number of carboxylic acids is 1. The molecule has 1 aromatic rings. The third kappa shape index (κ3) is 3.20. The lowest BCUT2D eigenvalue weighted by Crippen LogP contribution is -2.64. The summed E-state index contributed by atoms with van der Waals surface area (Å²) in [5.41, 5.74) is 4.66. The number of carboxylic acid groups (broad SMARTS) is 1. The standard InChI is InChI=1S/C35H48O2/c1-7-35-18-8-9-27(35)26-14-15-29-32(4)19-16-25(23-10-12-24(13-11-23)30(36)37)31(2,3)28(32)17-20-34(29,6)33(26,5)21-22-35/h7,10-13,16,26-29H,1,8-9,14-15,17-22H2,2-6H3,(H,36,37)/t26-,27-,28?,29?,32+,33-,34-,35-/m1/s1. The minimum atomic E-state index is -0.850. The second-order valence-electron chi connectivity index (χ2n) is 15.0. The van der Waals surface area contributed by atoms with Crippen molar-refractivity contribution in [1.82, 2.24) is 0 Å². The third-order valence-corrected chi connectivity index (χ3v) is 13.9. The maximum Gasteiger partial charge on any atom is 0.335 e. The predicted octanol–water partition coefficient (Wildman–Crippen LogP) is 9.42. The molecule has 0 heterocycles. The molecule has 0 spiro atoms. The molecule has 0 saturated heterocycles. The first-order chi connectivity index (χ1) is 17.4. The van der Waals surface area contributed by atoms with Crippen molar-refractivity contribution in [2.45, 2.75) is 98.8 Å². The van der Waals surface area contributed by atoms with Crippen LogP contribution in [0, 0.1) is 50.7 Å². The van der Waals surface area contributed by atoms with Crippen molar-refractivity contribution in [3.63, 3.8) is 0 Å². The van der Waals surface area contributed by atoms with E-state index in [9.17, 15) is 9.90 Å². The second-order valence-corrected chi connectivity index (χ2v) is 15.0. The SMILES string of the molecule is C=C[C@]12CCC[C@@H]1[C@H]1CCC3[C@@]4(C)CC=C(c5ccc(C(=O)O)cc5)C(C)(C)C4CC[C@@]3(C)[C@]1(C)CC2. The average Bonchev–Trinajstić information content (AvgIpc) is 3.29. The first-order valence-electron chi connectivity index (χ1n) is 15.1. The summed E-state index contributed by atoms with van der Waals surface area (Å²) in [6, 6.07) is 7.62. The minimum absolute atomic E-state index is 0.0762. The lowest BCUT2D eigenvalue weighted by Gasteiger charge is -2.72. The van der Waals surface area contributed by atoms with Crippen LogP contribution in [0.1, 0.15) is 115 Å². The molecule has 1 aromatic carbocycles. The molecule has 0 amide bonds. The number of hydrogen-bond acceptors (Lipinski definition) is 1. The summed E-state index contributed by atoms with van der Waals surface area (Å²) in [6.45, 7) is 17.4. The van der Waals surface area contributed by atoms with Crippen LogP contribution in [0.3, 0.4) is 0 Å². The molecule has 2 unspecified atom stereocenters. The predicted molar refractivity (Wildman–Crippen MR) is 152 cm³/mol. The lowest BCUT2D eigenvalue weighted by molar-refractivity contribution is -0.218. The van der Waals surface area contributed by atoms with Gasteiger partial charge in [0.1, 0.15) is 0 Å². The second kappa shape index (κ2) is 8.09. The van der Waals surface area contributed by atoms with Crippen LogP contribution in [0.25, 0.3) is 5.57 Å². The minimum Gasteiger partial charge on any atom is -0.478 e. The van der Waals surface area contributed by atoms with E-state index in [-0.39, 0.29) is 5.41 Å². The van der Waals surface area contributed by atoms with Gasteiger partial charge in [0.05, 0.1) is 5.56 Å². The van der Waals surface area contributed by atoms with Gasteiger partial charge in [-0.05, 0) is 132 Å². The van der Waals surface area contributed by atoms with Gasteiger partial charge in [-0.15, -0.1) is 6.58 Å². The highest BCUT2D eigenvalue weighted by Gasteiger charge is 2.69. The van der Waals surface area contributed by atoms with Crippen LogP contribution in [0.4, 0.5) is 0 Å². The monoisotopic (exact) mass is 500 g/mol. The lowest BCUT2D eigenvalue weighted by atomic mass is 9.32. The Hall–Kier alpha value is -1.83. The van der Waals surface area contributed by atoms with Crippen molar-refractivity contribution in [2.75, 3.05) is 0 Å². The molecule has 1 N–H and O–H groups in total. The number of aromatic carboxylic acids is 1. The van der Waals surface area contributed by atoms with Crippen molar-refractivity contribution in [3.05, 3.63) is 54.1 Å². The summed E-state index contributed by atoms with van der Waals surface area (Å²) in [6.07, 6.45) is 18.5. The van der Waals surface area contributed by atoms with E-state index in [4.69, 9.17) is 0 Å². The molecule has 4 saturated carbocycles. The van der Waals surface area contributed by atoms with Crippen molar-refractivity contribution >= 4 is 11.5 Å². The fraction of sp³-hybridized carbons (Fsp3) is 0.686. The maximum absolute atomic E-state index is 11.4. The average molecular weight is 501 g/mol. The van der Waals surface area contributed by atoms with Gasteiger partial charge >= 0.3 is 5.97 Å². The Balaban J connectivity index is 1.35. The van der Waals surface area contributed by atoms with Crippen LogP contribution in [0.2, 0.25) is 0 Å². The number of benzene rings is 1. The van der Waals surface area contributed by atoms with Crippen LogP contribution in [0.5, 0.6) is 0 Å². The van der Waals surface area contributed by atoms with E-state index < -0.39 is 5.97 Å². The summed E-state index contributed by atoms with van der Waals surface area (Å²) in [5.74, 6) is 2.29. The van der Waals surface area contributed by atoms with Crippen LogP contribution < -0.4 is 0 Å². The molecular weight excluding hydrogens is 452 g/mol. The van der Waals surface area contributed by atoms with E-state index in [1.54, 1.807) is 12.1 Å². The van der Waals surface area contributed by atoms with Gasteiger partial charge in [0.2, 0.25) is 0 Å². The Bertz CT molecular complexity index is 1140. The number of fused-ring (bicyclic) bond motifs is 7. The van der Waals surface area contributed by atoms with Crippen LogP contribution in [-0.4, -0.2) is 11.1 Å². The quantitative estimate of drug-likeness (QED) is 0.420. The molecule has 5 aliphatic carbocycles. The zero-order valence-electron chi connectivity index (χ0n) is 23.9. The fourth-order valence-electron chi connectivity index (χ4n) is 11.9. The largest absolute Gasteiger partial charge is 0.478 e. The molecule has 6 rings (SSSR count). The number of rotatable bonds is 3. The number of hydrogen-bond donors (Lipinski definition) is 1. The first-order valence-corrected chi connectivity index (χ1v) is 15.1. The Labute approximate surface area is 225 Å². The molecule has 200 valence electrons. The fourth-order valence-corrected chi connectivity index (χ4v) is 11.9. The van der Waals surface area contributed by atoms with E-state index >= 15 is 0 Å². The van der Waals surface area contributed by atoms with Crippen molar-refractivity contribution in [2.24, 2.45) is 50.7 Å². The Morgan fingerprint density at radius 2 is 1.59 bits per heavy atom. The highest BCUT2D eigenvalue weighted by Crippen LogP contribution is 2.77. The zero-order chi connectivity index (χ0) is 26.4. The van der Waals surface area contributed by atoms with E-state index in [2.05, 4.69) is 53.3 Å². The molecule has 0 bridgehead atoms. The molecule has 0 aromatic heterocycles. The highest BCUT2D eigenvalue weighted by molar-refractivity contribution is 5.88. The summed E-state index contributed by atoms with van der Waals surface area (Å²) < 4.78 is 0. The molecule has 0 radical (unpaired) electrons. The van der Waals surface area contributed by atoms with Crippen molar-refractivity contribution in [3.8, 4) is 0 Å². The van der Waals surface area contributed by atoms with E-state index in [0.29, 0.717) is 33.1 Å². The van der Waals surface area contributed by atoms with Crippen molar-refractivity contribution in [1.29, 1.82) is 0 Å². The van der Waals surface area contributed by atoms with Gasteiger partial charge in [0.15, 0.2) is 0 Å². The Morgan fingerprint density at radius 3 is 2.27 bits per heavy atom. The van der Waals surface area contributed by atoms with Gasteiger partial charge < -0.3 is 5.11 Å². The number of carbonyl (C=O) groups is 1. The normalized spacial score (nSPS) is 46.0. The third-order valence-electron chi connectivity index (χ3n) is 13.9. The first kappa shape index (κ1) is 25.4. The van der Waals surface area contributed by atoms with E-state index in [1.165, 1.54) is 68.9 Å². The number of allylic oxidation sites excluding steroid dienone is 3. The molecule has 2 nitrogen and oxygen atoms in total. The highest BCUT2D eigenvalue weighted by atomic mass is 16.4. The summed E-state index contributed by atoms with van der Waals surface area (Å²) in [7, 11) is 0. The maximum atomic E-state index is 11.4. The molecule has 0 aliphatic heterocycles. The Kier molecular flexibility index (Phi) is 5.56. The molecule has 4 fully saturated rings. The van der Waals surface area contributed by atoms with Gasteiger partial charge in [-0.2, -0.15) is 0 Å². The van der Waals surface area contributed by atoms with Crippen LogP contribution in [-0.2, 0) is 0 Å². The molecule has 5 aliphatic rings. The van der Waals surface area contributed by atoms with Gasteiger partial charge in [-0.25, -0.2) is 4.79 Å². The van der Waals surface area contributed by atoms with E-state index in [1.807, 2.05) is 12.1 Å². The summed E-state index contributed by atoms with van der Waals surface area (Å²) in [5, 5.41) is 9.37. The van der Waals surface area contributed by atoms with Crippen LogP contribution in [0.15, 0.2) is 43.0 Å². The summed E-state index contributed by atoms with van der Waals surface area (Å²) >= 11 is 0. The van der Waals surface area contributed by atoms with Gasteiger partial charge in [-0.3, -0.25) is 0 Å². The summed E-state index contributed by atoms with van der Waals surface area (Å²) in [4.78, 5) is 11.4. The molecule has 37 heavy (non-hydrogen) atoms. The Morgan fingerprint density at radius 1 is 0.865 bits per heavy atom. The zero-order valence-corrected chi connectivity index (χ0v) is 23.9. The van der Waals surface area contributed by atoms with Crippen LogP contribution >= 0.6 is 0 Å². The van der Waals surface area contributed by atoms with E-state index in [0.717, 1.165) is 24.2 Å². The molecular formula is C35H48O2. The topological polar surface area (TPSA) is 37.3 Å². The smallest absolute Gasteiger partial charge is 0.335 e. The molecule has 2 heteroatoms. The van der Waals surface area contributed by atoms with Gasteiger partial charge in [0.25, 0.3) is 0 Å². The van der Waals surface area contributed by atoms with Crippen molar-refractivity contribution < 1.29 is 9.90 Å². The van der Waals surface area contributed by atoms with Gasteiger partial charge in [0, 0.05) is 0 Å². The molecule has 8 atom stereocenters.